The summed E-state index contributed by atoms with van der Waals surface area (Å²) in [6.45, 7) is 3.30. The highest BCUT2D eigenvalue weighted by molar-refractivity contribution is 6.23. The maximum atomic E-state index is 13.3. The van der Waals surface area contributed by atoms with Crippen LogP contribution in [-0.4, -0.2) is 34.8 Å². The number of unbranched alkanes of at least 4 members (excludes halogenated alkanes) is 15. The van der Waals surface area contributed by atoms with Crippen LogP contribution < -0.4 is 4.74 Å². The van der Waals surface area contributed by atoms with Crippen molar-refractivity contribution in [1.29, 1.82) is 0 Å². The Bertz CT molecular complexity index is 1630. The Kier molecular flexibility index (Phi) is 14.1. The van der Waals surface area contributed by atoms with Gasteiger partial charge in [-0.25, -0.2) is 4.58 Å². The van der Waals surface area contributed by atoms with E-state index in [1.165, 1.54) is 103 Å². The maximum absolute atomic E-state index is 13.3. The molecule has 2 aromatic carbocycles. The van der Waals surface area contributed by atoms with Crippen LogP contribution >= 0.6 is 0 Å². The Morgan fingerprint density at radius 2 is 1.24 bits per heavy atom. The Hall–Kier alpha value is -4.18. The monoisotopic (exact) mass is 658 g/mol. The van der Waals surface area contributed by atoms with Crippen LogP contribution in [0.1, 0.15) is 121 Å². The molecule has 0 saturated heterocycles. The van der Waals surface area contributed by atoms with E-state index in [1.54, 1.807) is 6.08 Å². The lowest BCUT2D eigenvalue weighted by Crippen LogP contribution is -2.23. The van der Waals surface area contributed by atoms with E-state index in [0.717, 1.165) is 40.3 Å². The molecule has 0 amide bonds. The highest BCUT2D eigenvalue weighted by atomic mass is 16.5. The first-order chi connectivity index (χ1) is 24.1. The predicted octanol–water partition coefficient (Wildman–Crippen LogP) is 11.7. The van der Waals surface area contributed by atoms with E-state index in [0.29, 0.717) is 16.9 Å². The molecule has 1 aliphatic heterocycles. The lowest BCUT2D eigenvalue weighted by atomic mass is 9.81. The van der Waals surface area contributed by atoms with Crippen molar-refractivity contribution in [2.45, 2.75) is 110 Å². The number of benzene rings is 2. The van der Waals surface area contributed by atoms with Gasteiger partial charge in [0.1, 0.15) is 30.9 Å². The molecule has 0 fully saturated rings. The molecule has 5 rings (SSSR count). The summed E-state index contributed by atoms with van der Waals surface area (Å²) in [5.41, 5.74) is 5.26. The molecule has 49 heavy (non-hydrogen) atoms. The average Bonchev–Trinajstić information content (AvgIpc) is 3.14. The van der Waals surface area contributed by atoms with Crippen molar-refractivity contribution in [1.82, 2.24) is 0 Å². The Balaban J connectivity index is 1.06. The molecule has 4 nitrogen and oxygen atoms in total. The van der Waals surface area contributed by atoms with Crippen LogP contribution in [0.2, 0.25) is 0 Å². The van der Waals surface area contributed by atoms with E-state index in [1.807, 2.05) is 72.8 Å². The number of rotatable bonds is 19. The number of hydrogen-bond acceptors (Lipinski definition) is 3. The second-order valence-corrected chi connectivity index (χ2v) is 13.8. The largest absolute Gasteiger partial charge is 0.506 e. The molecule has 3 aliphatic rings. The van der Waals surface area contributed by atoms with Crippen LogP contribution in [-0.2, 0) is 4.79 Å². The molecule has 4 heteroatoms. The molecule has 0 unspecified atom stereocenters. The number of fused-ring (bicyclic) bond motifs is 1. The second kappa shape index (κ2) is 19.1. The fraction of sp³-hybridized carbons (Fsp3) is 0.422. The van der Waals surface area contributed by atoms with Gasteiger partial charge in [0.05, 0.1) is 11.1 Å². The number of Topliss-reactive ketones (excluding diaryl/α,β-unsaturated/α-hetero) is 1. The first-order valence-electron chi connectivity index (χ1n) is 19.0. The molecule has 0 radical (unpaired) electrons. The van der Waals surface area contributed by atoms with Gasteiger partial charge in [-0.1, -0.05) is 145 Å². The van der Waals surface area contributed by atoms with Gasteiger partial charge < -0.3 is 9.84 Å². The number of nitrogens with zero attached hydrogens (tertiary/aromatic N) is 1. The maximum Gasteiger partial charge on any atom is 0.201 e. The van der Waals surface area contributed by atoms with E-state index < -0.39 is 0 Å². The quantitative estimate of drug-likeness (QED) is 0.0928. The summed E-state index contributed by atoms with van der Waals surface area (Å²) in [4.78, 5) is 13.3. The Morgan fingerprint density at radius 3 is 1.84 bits per heavy atom. The van der Waals surface area contributed by atoms with Crippen LogP contribution in [0.5, 0.6) is 5.75 Å². The van der Waals surface area contributed by atoms with Crippen molar-refractivity contribution in [2.24, 2.45) is 0 Å². The zero-order chi connectivity index (χ0) is 34.3. The van der Waals surface area contributed by atoms with Crippen LogP contribution in [0.25, 0.3) is 11.3 Å². The number of carbonyl (C=O) groups is 1. The normalized spacial score (nSPS) is 16.2. The lowest BCUT2D eigenvalue weighted by molar-refractivity contribution is -0.496. The number of ketones is 1. The van der Waals surface area contributed by atoms with E-state index in [-0.39, 0.29) is 11.5 Å². The number of allylic oxidation sites excluding steroid dienone is 10. The van der Waals surface area contributed by atoms with Crippen molar-refractivity contribution in [3.63, 3.8) is 0 Å². The third-order valence-electron chi connectivity index (χ3n) is 9.97. The third-order valence-corrected chi connectivity index (χ3v) is 9.97. The van der Waals surface area contributed by atoms with E-state index in [9.17, 15) is 9.90 Å². The SMILES string of the molecule is CCCCCCCCCCCCCCCCCC[N+](C)=C1C=CC(=C2C(=O)C(/C=C3\C=C(c4ccccc4)Oc4ccccc43)=C2O)C=C1. The molecule has 0 bridgehead atoms. The molecule has 0 aromatic heterocycles. The number of aliphatic hydroxyl groups is 1. The predicted molar refractivity (Wildman–Crippen MR) is 205 cm³/mol. The number of carbonyl (C=O) groups excluding carboxylic acids is 1. The van der Waals surface area contributed by atoms with Gasteiger partial charge in [0, 0.05) is 29.7 Å². The molecule has 1 N–H and O–H groups in total. The smallest absolute Gasteiger partial charge is 0.201 e. The number of aliphatic hydroxyl groups excluding tert-OH is 1. The van der Waals surface area contributed by atoms with Crippen LogP contribution in [0, 0.1) is 0 Å². The highest BCUT2D eigenvalue weighted by Crippen LogP contribution is 2.40. The summed E-state index contributed by atoms with van der Waals surface area (Å²) < 4.78 is 8.46. The number of para-hydroxylation sites is 1. The summed E-state index contributed by atoms with van der Waals surface area (Å²) in [5, 5.41) is 11.1. The summed E-state index contributed by atoms with van der Waals surface area (Å²) in [5.74, 6) is 1.34. The van der Waals surface area contributed by atoms with Gasteiger partial charge >= 0.3 is 0 Å². The fourth-order valence-corrected chi connectivity index (χ4v) is 6.91. The van der Waals surface area contributed by atoms with Gasteiger partial charge in [0.25, 0.3) is 0 Å². The molecular weight excluding hydrogens is 602 g/mol. The Morgan fingerprint density at radius 1 is 0.694 bits per heavy atom. The number of hydrogen-bond donors (Lipinski definition) is 1. The fourth-order valence-electron chi connectivity index (χ4n) is 6.91. The van der Waals surface area contributed by atoms with Crippen LogP contribution in [0.4, 0.5) is 0 Å². The summed E-state index contributed by atoms with van der Waals surface area (Å²) in [6.07, 6.45) is 33.8. The van der Waals surface area contributed by atoms with Gasteiger partial charge in [-0.05, 0) is 47.9 Å². The molecular formula is C45H56NO3+. The first-order valence-corrected chi connectivity index (χ1v) is 19.0. The van der Waals surface area contributed by atoms with Crippen molar-refractivity contribution in [3.05, 3.63) is 125 Å². The minimum Gasteiger partial charge on any atom is -0.506 e. The summed E-state index contributed by atoms with van der Waals surface area (Å²) in [7, 11) is 2.13. The highest BCUT2D eigenvalue weighted by Gasteiger charge is 2.35. The first kappa shape index (κ1) is 36.1. The molecule has 0 spiro atoms. The molecule has 0 atom stereocenters. The lowest BCUT2D eigenvalue weighted by Gasteiger charge is -2.24. The zero-order valence-corrected chi connectivity index (χ0v) is 29.9. The van der Waals surface area contributed by atoms with E-state index in [2.05, 4.69) is 30.7 Å². The third kappa shape index (κ3) is 10.2. The van der Waals surface area contributed by atoms with Crippen molar-refractivity contribution < 1.29 is 19.2 Å². The van der Waals surface area contributed by atoms with Crippen molar-refractivity contribution in [2.75, 3.05) is 13.6 Å². The van der Waals surface area contributed by atoms with Gasteiger partial charge in [0.2, 0.25) is 5.78 Å². The summed E-state index contributed by atoms with van der Waals surface area (Å²) >= 11 is 0. The average molecular weight is 659 g/mol. The van der Waals surface area contributed by atoms with E-state index >= 15 is 0 Å². The van der Waals surface area contributed by atoms with Crippen LogP contribution in [0.3, 0.4) is 0 Å². The minimum atomic E-state index is -0.141. The van der Waals surface area contributed by atoms with Gasteiger partial charge in [-0.3, -0.25) is 4.79 Å². The minimum absolute atomic E-state index is 0.0467. The second-order valence-electron chi connectivity index (χ2n) is 13.8. The van der Waals surface area contributed by atoms with Crippen molar-refractivity contribution >= 4 is 22.8 Å². The molecule has 0 saturated carbocycles. The topological polar surface area (TPSA) is 49.5 Å². The molecule has 1 heterocycles. The molecule has 2 aromatic rings. The van der Waals surface area contributed by atoms with Gasteiger partial charge in [-0.2, -0.15) is 0 Å². The standard InChI is InChI=1S/C45H55NO3/c1-3-4-5-6-7-8-9-10-11-12-13-14-15-16-17-23-32-46(2)38-30-28-36(29-31-38)43-44(47)40(45(43)48)33-37-34-42(35-24-19-18-20-25-35)49-41-27-22-21-26-39(37)41/h18-22,24-31,33-34H,3-17,23,32H2,1-2H3/p+1/b37-33+. The zero-order valence-electron chi connectivity index (χ0n) is 29.9. The molecule has 2 aliphatic carbocycles. The molecule has 258 valence electrons. The van der Waals surface area contributed by atoms with E-state index in [4.69, 9.17) is 4.74 Å². The van der Waals surface area contributed by atoms with Crippen LogP contribution in [0.15, 0.2) is 114 Å². The Labute approximate surface area is 295 Å². The van der Waals surface area contributed by atoms with Crippen molar-refractivity contribution in [3.8, 4) is 5.75 Å². The number of ether oxygens (including phenoxy) is 1. The van der Waals surface area contributed by atoms with Gasteiger partial charge in [0.15, 0.2) is 5.71 Å². The summed E-state index contributed by atoms with van der Waals surface area (Å²) in [6, 6.07) is 17.7. The van der Waals surface area contributed by atoms with Gasteiger partial charge in [-0.15, -0.1) is 0 Å².